The summed E-state index contributed by atoms with van der Waals surface area (Å²) >= 11 is 0. The molecule has 0 atom stereocenters. The Balaban J connectivity index is 1.30. The van der Waals surface area contributed by atoms with Crippen LogP contribution in [0.3, 0.4) is 0 Å². The van der Waals surface area contributed by atoms with Crippen LogP contribution in [0.5, 0.6) is 0 Å². The third-order valence-electron chi connectivity index (χ3n) is 10.1. The zero-order valence-corrected chi connectivity index (χ0v) is 22.4. The Labute approximate surface area is 211 Å². The summed E-state index contributed by atoms with van der Waals surface area (Å²) in [6, 6.07) is 7.44. The van der Waals surface area contributed by atoms with Crippen LogP contribution in [-0.2, 0) is 19.5 Å². The summed E-state index contributed by atoms with van der Waals surface area (Å²) in [5.41, 5.74) is 2.61. The van der Waals surface area contributed by atoms with Gasteiger partial charge in [-0.2, -0.15) is 0 Å². The number of rotatable bonds is 3. The van der Waals surface area contributed by atoms with E-state index in [-0.39, 0.29) is 22.7 Å². The van der Waals surface area contributed by atoms with Crippen molar-refractivity contribution in [2.45, 2.75) is 102 Å². The van der Waals surface area contributed by atoms with Gasteiger partial charge in [0.25, 0.3) is 0 Å². The lowest BCUT2D eigenvalue weighted by molar-refractivity contribution is -0.125. The van der Waals surface area contributed by atoms with Crippen LogP contribution in [0.2, 0.25) is 0 Å². The number of carbonyl (C=O) groups is 1. The summed E-state index contributed by atoms with van der Waals surface area (Å²) in [7, 11) is -0.409. The van der Waals surface area contributed by atoms with E-state index < -0.39 is 7.12 Å². The summed E-state index contributed by atoms with van der Waals surface area (Å²) in [5, 5.41) is 3.47. The molecule has 1 saturated carbocycles. The van der Waals surface area contributed by atoms with E-state index in [1.54, 1.807) is 0 Å². The number of benzene rings is 1. The number of amides is 1. The molecule has 35 heavy (non-hydrogen) atoms. The van der Waals surface area contributed by atoms with Gasteiger partial charge in [-0.25, -0.2) is 0 Å². The van der Waals surface area contributed by atoms with E-state index in [2.05, 4.69) is 74.9 Å². The molecule has 1 N–H and O–H groups in total. The normalized spacial score (nSPS) is 32.8. The van der Waals surface area contributed by atoms with Gasteiger partial charge in [-0.1, -0.05) is 26.0 Å². The lowest BCUT2D eigenvalue weighted by atomic mass is 9.72. The van der Waals surface area contributed by atoms with Gasteiger partial charge >= 0.3 is 7.12 Å². The fourth-order valence-electron chi connectivity index (χ4n) is 6.97. The van der Waals surface area contributed by atoms with E-state index in [1.807, 2.05) is 0 Å². The van der Waals surface area contributed by atoms with Gasteiger partial charge in [0.15, 0.2) is 0 Å². The molecule has 1 aromatic rings. The maximum absolute atomic E-state index is 14.2. The monoisotopic (exact) mass is 479 g/mol. The molecule has 0 bridgehead atoms. The van der Waals surface area contributed by atoms with Gasteiger partial charge in [0.2, 0.25) is 5.91 Å². The van der Waals surface area contributed by atoms with E-state index in [4.69, 9.17) is 9.31 Å². The average Bonchev–Trinajstić information content (AvgIpc) is 3.31. The molecule has 4 heterocycles. The van der Waals surface area contributed by atoms with E-state index in [0.717, 1.165) is 49.9 Å². The highest BCUT2D eigenvalue weighted by Crippen LogP contribution is 2.50. The number of anilines is 1. The summed E-state index contributed by atoms with van der Waals surface area (Å²) in [6.45, 7) is 17.3. The summed E-state index contributed by atoms with van der Waals surface area (Å²) in [5.74, 6) is 0.324. The number of nitrogens with one attached hydrogen (secondary N) is 1. The number of nitrogens with zero attached hydrogens (tertiary/aromatic N) is 2. The first-order valence-electron chi connectivity index (χ1n) is 13.7. The average molecular weight is 479 g/mol. The van der Waals surface area contributed by atoms with Crippen LogP contribution in [0.1, 0.15) is 79.2 Å². The van der Waals surface area contributed by atoms with Crippen molar-refractivity contribution in [2.75, 3.05) is 31.1 Å². The minimum absolute atomic E-state index is 0.290. The zero-order chi connectivity index (χ0) is 24.8. The Bertz CT molecular complexity index is 1010. The highest BCUT2D eigenvalue weighted by molar-refractivity contribution is 6.62. The molecule has 6 nitrogen and oxygen atoms in total. The zero-order valence-electron chi connectivity index (χ0n) is 22.4. The molecule has 4 fully saturated rings. The first kappa shape index (κ1) is 24.0. The lowest BCUT2D eigenvalue weighted by Crippen LogP contribution is -2.57. The first-order chi connectivity index (χ1) is 16.4. The predicted molar refractivity (Wildman–Crippen MR) is 140 cm³/mol. The largest absolute Gasteiger partial charge is 0.494 e. The molecular formula is C28H42BN3O3. The standard InChI is InChI=1S/C28H42BN3O3/c1-25(2)11-14-31(18-25)20-16-21(17-20)32-23-15-19(29-34-26(3,4)27(5,6)35-29)7-8-22(23)28(24(32)33)9-12-30-13-10-28/h7-8,15,20-21,30H,9-14,16-18H2,1-6H3. The molecular weight excluding hydrogens is 437 g/mol. The van der Waals surface area contributed by atoms with Crippen LogP contribution in [0.15, 0.2) is 18.2 Å². The molecule has 4 aliphatic heterocycles. The smallest absolute Gasteiger partial charge is 0.399 e. The third-order valence-corrected chi connectivity index (χ3v) is 10.1. The van der Waals surface area contributed by atoms with E-state index >= 15 is 0 Å². The van der Waals surface area contributed by atoms with Crippen molar-refractivity contribution < 1.29 is 14.1 Å². The molecule has 0 aromatic heterocycles. The molecule has 190 valence electrons. The molecule has 0 unspecified atom stereocenters. The van der Waals surface area contributed by atoms with Gasteiger partial charge in [0.05, 0.1) is 16.6 Å². The fourth-order valence-corrected chi connectivity index (χ4v) is 6.97. The SMILES string of the molecule is CC1(C)CCN(C2CC(N3C(=O)C4(CCNCC4)c4ccc(B5OC(C)(C)C(C)(C)O5)cc43)C2)C1. The second-order valence-corrected chi connectivity index (χ2v) is 13.5. The van der Waals surface area contributed by atoms with E-state index in [9.17, 15) is 4.79 Å². The Morgan fingerprint density at radius 1 is 0.943 bits per heavy atom. The highest BCUT2D eigenvalue weighted by atomic mass is 16.7. The third kappa shape index (κ3) is 3.64. The Kier molecular flexibility index (Phi) is 5.34. The van der Waals surface area contributed by atoms with Crippen molar-refractivity contribution in [3.8, 4) is 0 Å². The molecule has 5 aliphatic rings. The second kappa shape index (κ2) is 7.80. The molecule has 7 heteroatoms. The Morgan fingerprint density at radius 2 is 1.60 bits per heavy atom. The molecule has 6 rings (SSSR count). The molecule has 1 aliphatic carbocycles. The molecule has 1 spiro atoms. The minimum Gasteiger partial charge on any atom is -0.399 e. The van der Waals surface area contributed by atoms with Crippen LogP contribution >= 0.6 is 0 Å². The lowest BCUT2D eigenvalue weighted by Gasteiger charge is -2.46. The maximum Gasteiger partial charge on any atom is 0.494 e. The predicted octanol–water partition coefficient (Wildman–Crippen LogP) is 3.22. The van der Waals surface area contributed by atoms with E-state index in [0.29, 0.717) is 17.4 Å². The molecule has 3 saturated heterocycles. The minimum atomic E-state index is -0.409. The van der Waals surface area contributed by atoms with Gasteiger partial charge in [-0.3, -0.25) is 9.69 Å². The van der Waals surface area contributed by atoms with Gasteiger partial charge < -0.3 is 19.5 Å². The number of carbonyl (C=O) groups excluding carboxylic acids is 1. The topological polar surface area (TPSA) is 54.0 Å². The number of likely N-dealkylation sites (tertiary alicyclic amines) is 1. The van der Waals surface area contributed by atoms with Crippen molar-refractivity contribution in [1.82, 2.24) is 10.2 Å². The number of hydrogen-bond acceptors (Lipinski definition) is 5. The number of fused-ring (bicyclic) bond motifs is 2. The number of piperidine rings is 1. The Hall–Kier alpha value is -1.41. The van der Waals surface area contributed by atoms with E-state index in [1.165, 1.54) is 25.1 Å². The number of hydrogen-bond donors (Lipinski definition) is 1. The van der Waals surface area contributed by atoms with Gasteiger partial charge in [0.1, 0.15) is 0 Å². The van der Waals surface area contributed by atoms with Crippen LogP contribution in [0.25, 0.3) is 0 Å². The quantitative estimate of drug-likeness (QED) is 0.675. The van der Waals surface area contributed by atoms with Crippen molar-refractivity contribution in [3.05, 3.63) is 23.8 Å². The van der Waals surface area contributed by atoms with Crippen molar-refractivity contribution in [2.24, 2.45) is 5.41 Å². The fraction of sp³-hybridized carbons (Fsp3) is 0.750. The summed E-state index contributed by atoms with van der Waals surface area (Å²) < 4.78 is 12.7. The van der Waals surface area contributed by atoms with Crippen molar-refractivity contribution in [1.29, 1.82) is 0 Å². The van der Waals surface area contributed by atoms with Crippen LogP contribution in [-0.4, -0.2) is 67.4 Å². The van der Waals surface area contributed by atoms with Crippen molar-refractivity contribution >= 4 is 24.2 Å². The van der Waals surface area contributed by atoms with Crippen LogP contribution < -0.4 is 15.7 Å². The molecule has 1 aromatic carbocycles. The maximum atomic E-state index is 14.2. The van der Waals surface area contributed by atoms with Gasteiger partial charge in [-0.05, 0) is 102 Å². The van der Waals surface area contributed by atoms with Crippen LogP contribution in [0, 0.1) is 5.41 Å². The summed E-state index contributed by atoms with van der Waals surface area (Å²) in [6.07, 6.45) is 5.18. The summed E-state index contributed by atoms with van der Waals surface area (Å²) in [4.78, 5) is 19.0. The van der Waals surface area contributed by atoms with Gasteiger partial charge in [-0.15, -0.1) is 0 Å². The van der Waals surface area contributed by atoms with Crippen molar-refractivity contribution in [3.63, 3.8) is 0 Å². The van der Waals surface area contributed by atoms with Crippen LogP contribution in [0.4, 0.5) is 5.69 Å². The first-order valence-corrected chi connectivity index (χ1v) is 13.7. The highest BCUT2D eigenvalue weighted by Gasteiger charge is 2.56. The van der Waals surface area contributed by atoms with Gasteiger partial charge in [0, 0.05) is 24.3 Å². The molecule has 0 radical (unpaired) electrons. The Morgan fingerprint density at radius 3 is 2.20 bits per heavy atom. The molecule has 1 amide bonds. The second-order valence-electron chi connectivity index (χ2n) is 13.5.